The maximum atomic E-state index is 13.3. The van der Waals surface area contributed by atoms with Gasteiger partial charge in [0.2, 0.25) is 5.89 Å². The van der Waals surface area contributed by atoms with Crippen molar-refractivity contribution < 1.29 is 36.6 Å². The van der Waals surface area contributed by atoms with Gasteiger partial charge in [-0.3, -0.25) is 9.69 Å². The summed E-state index contributed by atoms with van der Waals surface area (Å²) in [6.07, 6.45) is -3.14. The molecule has 0 unspecified atom stereocenters. The summed E-state index contributed by atoms with van der Waals surface area (Å²) in [6.45, 7) is 2.52. The number of aromatic nitrogens is 1. The van der Waals surface area contributed by atoms with Crippen molar-refractivity contribution in [2.24, 2.45) is 0 Å². The van der Waals surface area contributed by atoms with Gasteiger partial charge in [-0.1, -0.05) is 24.3 Å². The third-order valence-corrected chi connectivity index (χ3v) is 5.98. The molecule has 1 saturated heterocycles. The Balaban J connectivity index is 1.57. The predicted octanol–water partition coefficient (Wildman–Crippen LogP) is 4.39. The maximum Gasteiger partial charge on any atom is 0.416 e. The van der Waals surface area contributed by atoms with Crippen molar-refractivity contribution in [2.75, 3.05) is 40.5 Å². The lowest BCUT2D eigenvalue weighted by molar-refractivity contribution is -0.137. The average molecular weight is 520 g/mol. The zero-order valence-electron chi connectivity index (χ0n) is 20.6. The highest BCUT2D eigenvalue weighted by atomic mass is 19.4. The number of methoxy groups -OCH3 is 2. The summed E-state index contributed by atoms with van der Waals surface area (Å²) < 4.78 is 61.5. The van der Waals surface area contributed by atoms with Crippen LogP contribution in [0.25, 0.3) is 0 Å². The number of morpholine rings is 1. The molecular formula is C26H28F3N3O5. The number of oxazole rings is 1. The van der Waals surface area contributed by atoms with E-state index in [1.165, 1.54) is 19.4 Å². The van der Waals surface area contributed by atoms with Gasteiger partial charge in [0.1, 0.15) is 17.8 Å². The van der Waals surface area contributed by atoms with Crippen molar-refractivity contribution in [2.45, 2.75) is 25.8 Å². The largest absolute Gasteiger partial charge is 0.497 e. The van der Waals surface area contributed by atoms with Crippen LogP contribution in [0.15, 0.2) is 53.1 Å². The first-order valence-corrected chi connectivity index (χ1v) is 11.7. The average Bonchev–Trinajstić information content (AvgIpc) is 3.37. The van der Waals surface area contributed by atoms with Gasteiger partial charge in [-0.15, -0.1) is 0 Å². The molecular weight excluding hydrogens is 491 g/mol. The summed E-state index contributed by atoms with van der Waals surface area (Å²) in [5.74, 6) is 1.21. The first kappa shape index (κ1) is 26.5. The van der Waals surface area contributed by atoms with Crippen LogP contribution in [0.1, 0.15) is 33.1 Å². The molecule has 4 rings (SSSR count). The molecule has 0 spiro atoms. The molecule has 0 N–H and O–H groups in total. The van der Waals surface area contributed by atoms with Gasteiger partial charge in [0.25, 0.3) is 5.91 Å². The molecule has 1 aliphatic heterocycles. The number of amides is 1. The smallest absolute Gasteiger partial charge is 0.416 e. The van der Waals surface area contributed by atoms with Gasteiger partial charge in [-0.05, 0) is 17.7 Å². The van der Waals surface area contributed by atoms with E-state index in [1.807, 2.05) is 11.0 Å². The van der Waals surface area contributed by atoms with Crippen molar-refractivity contribution in [1.82, 2.24) is 14.8 Å². The summed E-state index contributed by atoms with van der Waals surface area (Å²) in [5.41, 5.74) is 0.726. The number of hydrogen-bond acceptors (Lipinski definition) is 7. The van der Waals surface area contributed by atoms with Crippen LogP contribution >= 0.6 is 0 Å². The lowest BCUT2D eigenvalue weighted by Gasteiger charge is -2.25. The highest BCUT2D eigenvalue weighted by molar-refractivity contribution is 5.92. The zero-order valence-corrected chi connectivity index (χ0v) is 20.6. The summed E-state index contributed by atoms with van der Waals surface area (Å²) in [6, 6.07) is 10.5. The minimum absolute atomic E-state index is 0.155. The van der Waals surface area contributed by atoms with Crippen LogP contribution in [0, 0.1) is 0 Å². The SMILES string of the molecule is COc1ccc(CN(Cc2cccc(C(F)(F)F)c2)Cc2nc(C(=O)N3CCOCC3)co2)c(OC)c1. The second kappa shape index (κ2) is 11.7. The standard InChI is InChI=1S/C26H28F3N3O5/c1-34-21-7-6-19(23(13-21)35-2)15-31(14-18-4-3-5-20(12-18)26(27,28)29)16-24-30-22(17-37-24)25(33)32-8-10-36-11-9-32/h3-7,12-13,17H,8-11,14-16H2,1-2H3. The molecule has 1 amide bonds. The van der Waals surface area contributed by atoms with E-state index in [0.717, 1.165) is 17.7 Å². The molecule has 1 aliphatic rings. The number of carbonyl (C=O) groups excluding carboxylic acids is 1. The third kappa shape index (κ3) is 6.80. The highest BCUT2D eigenvalue weighted by Gasteiger charge is 2.30. The molecule has 2 heterocycles. The number of alkyl halides is 3. The van der Waals surface area contributed by atoms with Gasteiger partial charge >= 0.3 is 6.18 Å². The summed E-state index contributed by atoms with van der Waals surface area (Å²) >= 11 is 0. The predicted molar refractivity (Wildman–Crippen MR) is 127 cm³/mol. The van der Waals surface area contributed by atoms with Gasteiger partial charge in [0, 0.05) is 37.8 Å². The molecule has 1 fully saturated rings. The Bertz CT molecular complexity index is 1210. The molecule has 0 aliphatic carbocycles. The Morgan fingerprint density at radius 2 is 1.84 bits per heavy atom. The second-order valence-electron chi connectivity index (χ2n) is 8.55. The molecule has 8 nitrogen and oxygen atoms in total. The number of benzene rings is 2. The molecule has 1 aromatic heterocycles. The zero-order chi connectivity index (χ0) is 26.4. The topological polar surface area (TPSA) is 77.3 Å². The number of halogens is 3. The molecule has 37 heavy (non-hydrogen) atoms. The van der Waals surface area contributed by atoms with Crippen molar-refractivity contribution in [1.29, 1.82) is 0 Å². The van der Waals surface area contributed by atoms with E-state index in [9.17, 15) is 18.0 Å². The first-order valence-electron chi connectivity index (χ1n) is 11.7. The summed E-state index contributed by atoms with van der Waals surface area (Å²) in [4.78, 5) is 20.6. The molecule has 0 bridgehead atoms. The summed E-state index contributed by atoms with van der Waals surface area (Å²) in [5, 5.41) is 0. The van der Waals surface area contributed by atoms with Crippen LogP contribution in [0.5, 0.6) is 11.5 Å². The molecule has 198 valence electrons. The lowest BCUT2D eigenvalue weighted by Crippen LogP contribution is -2.40. The van der Waals surface area contributed by atoms with Crippen LogP contribution in [0.3, 0.4) is 0 Å². The van der Waals surface area contributed by atoms with Gasteiger partial charge in [0.05, 0.1) is 39.5 Å². The minimum Gasteiger partial charge on any atom is -0.497 e. The monoisotopic (exact) mass is 519 g/mol. The molecule has 0 atom stereocenters. The fourth-order valence-corrected chi connectivity index (χ4v) is 4.10. The number of carbonyl (C=O) groups is 1. The Kier molecular flexibility index (Phi) is 8.34. The Morgan fingerprint density at radius 3 is 2.54 bits per heavy atom. The maximum absolute atomic E-state index is 13.3. The first-order chi connectivity index (χ1) is 17.8. The van der Waals surface area contributed by atoms with Crippen LogP contribution in [-0.4, -0.2) is 61.2 Å². The molecule has 0 saturated carbocycles. The van der Waals surface area contributed by atoms with Crippen molar-refractivity contribution >= 4 is 5.91 Å². The molecule has 2 aromatic carbocycles. The Hall–Kier alpha value is -3.57. The van der Waals surface area contributed by atoms with Gasteiger partial charge in [-0.25, -0.2) is 4.98 Å². The van der Waals surface area contributed by atoms with E-state index in [2.05, 4.69) is 4.98 Å². The number of rotatable bonds is 9. The third-order valence-electron chi connectivity index (χ3n) is 5.98. The van der Waals surface area contributed by atoms with E-state index in [1.54, 1.807) is 30.2 Å². The molecule has 0 radical (unpaired) electrons. The van der Waals surface area contributed by atoms with E-state index in [0.29, 0.717) is 49.9 Å². The van der Waals surface area contributed by atoms with E-state index in [-0.39, 0.29) is 30.6 Å². The van der Waals surface area contributed by atoms with Crippen molar-refractivity contribution in [3.8, 4) is 11.5 Å². The van der Waals surface area contributed by atoms with Crippen LogP contribution in [0.4, 0.5) is 13.2 Å². The normalized spacial score (nSPS) is 14.2. The quantitative estimate of drug-likeness (QED) is 0.415. The van der Waals surface area contributed by atoms with Gasteiger partial charge in [-0.2, -0.15) is 13.2 Å². The summed E-state index contributed by atoms with van der Waals surface area (Å²) in [7, 11) is 3.08. The van der Waals surface area contributed by atoms with Gasteiger partial charge < -0.3 is 23.5 Å². The van der Waals surface area contributed by atoms with Crippen LogP contribution in [0.2, 0.25) is 0 Å². The van der Waals surface area contributed by atoms with Crippen LogP contribution < -0.4 is 9.47 Å². The fraction of sp³-hybridized carbons (Fsp3) is 0.385. The number of ether oxygens (including phenoxy) is 3. The second-order valence-corrected chi connectivity index (χ2v) is 8.55. The van der Waals surface area contributed by atoms with E-state index in [4.69, 9.17) is 18.6 Å². The van der Waals surface area contributed by atoms with Crippen molar-refractivity contribution in [3.05, 3.63) is 77.0 Å². The number of nitrogens with zero attached hydrogens (tertiary/aromatic N) is 3. The Labute approximate surface area is 212 Å². The van der Waals surface area contributed by atoms with E-state index < -0.39 is 11.7 Å². The minimum atomic E-state index is -4.45. The Morgan fingerprint density at radius 1 is 1.05 bits per heavy atom. The van der Waals surface area contributed by atoms with Crippen LogP contribution in [-0.2, 0) is 30.5 Å². The molecule has 3 aromatic rings. The molecule has 11 heteroatoms. The number of hydrogen-bond donors (Lipinski definition) is 0. The fourth-order valence-electron chi connectivity index (χ4n) is 4.10. The van der Waals surface area contributed by atoms with Crippen molar-refractivity contribution in [3.63, 3.8) is 0 Å². The lowest BCUT2D eigenvalue weighted by atomic mass is 10.1. The van der Waals surface area contributed by atoms with Gasteiger partial charge in [0.15, 0.2) is 5.69 Å². The highest BCUT2D eigenvalue weighted by Crippen LogP contribution is 2.31. The van der Waals surface area contributed by atoms with E-state index >= 15 is 0 Å².